The van der Waals surface area contributed by atoms with E-state index in [4.69, 9.17) is 18.6 Å². The van der Waals surface area contributed by atoms with Crippen LogP contribution in [-0.4, -0.2) is 74.8 Å². The molecule has 0 spiro atoms. The molecule has 0 radical (unpaired) electrons. The van der Waals surface area contributed by atoms with Gasteiger partial charge in [0.1, 0.15) is 11.6 Å². The molecule has 3 aliphatic rings. The third kappa shape index (κ3) is 18.9. The summed E-state index contributed by atoms with van der Waals surface area (Å²) in [5.41, 5.74) is 3.89. The Morgan fingerprint density at radius 2 is 1.25 bits per heavy atom. The molecule has 1 aliphatic heterocycles. The van der Waals surface area contributed by atoms with Crippen LogP contribution in [0, 0.1) is 17.7 Å². The van der Waals surface area contributed by atoms with Crippen molar-refractivity contribution in [3.63, 3.8) is 0 Å². The summed E-state index contributed by atoms with van der Waals surface area (Å²) < 4.78 is 35.1. The van der Waals surface area contributed by atoms with Gasteiger partial charge in [-0.15, -0.1) is 0 Å². The average Bonchev–Trinajstić information content (AvgIpc) is 4.09. The van der Waals surface area contributed by atoms with Crippen molar-refractivity contribution in [1.29, 1.82) is 0 Å². The van der Waals surface area contributed by atoms with Crippen LogP contribution < -0.4 is 16.2 Å². The van der Waals surface area contributed by atoms with E-state index in [0.29, 0.717) is 37.1 Å². The minimum absolute atomic E-state index is 0.280. The Bertz CT molecular complexity index is 2430. The molecule has 16 heteroatoms. The van der Waals surface area contributed by atoms with E-state index in [1.807, 2.05) is 94.7 Å². The highest BCUT2D eigenvalue weighted by atomic mass is 19.1. The standard InChI is InChI=1S/C17H15FN2O3.C15H19N3O2.C15H21N3O.C2H6O.2C2H6/c1-22-15-4-2-3-13(9-15)10-16-19-23-17(21)20(16)11-12-5-7-14(18)8-6-12;19-15-18(11-12-6-2-1-3-7-12)14(17-20-15)10-13-8-4-5-9-16-13;1-2-4-14(5-3-1)11-18-12-19-17-15(18)10-13-6-8-16-9-7-13;1-3-2;2*1-2/h2-9H,10-11H2,1H3;4-5,8-9,12H,1-3,6-7,10-11H2;6-9,14H,1-5,10-12H2;1-2H3;2*1-2H3. The van der Waals surface area contributed by atoms with Gasteiger partial charge in [-0.3, -0.25) is 28.1 Å². The molecule has 9 rings (SSSR count). The van der Waals surface area contributed by atoms with Crippen LogP contribution in [-0.2, 0) is 41.9 Å². The van der Waals surface area contributed by atoms with E-state index in [0.717, 1.165) is 53.8 Å². The molecule has 2 aliphatic carbocycles. The van der Waals surface area contributed by atoms with Crippen molar-refractivity contribution in [1.82, 2.24) is 34.3 Å². The van der Waals surface area contributed by atoms with Gasteiger partial charge in [-0.25, -0.2) is 14.0 Å². The van der Waals surface area contributed by atoms with E-state index < -0.39 is 5.76 Å². The number of oxime groups is 1. The highest BCUT2D eigenvalue weighted by molar-refractivity contribution is 5.84. The Morgan fingerprint density at radius 3 is 1.86 bits per heavy atom. The first-order valence-electron chi connectivity index (χ1n) is 24.4. The van der Waals surface area contributed by atoms with Crippen LogP contribution in [0.5, 0.6) is 5.75 Å². The topological polar surface area (TPSA) is 165 Å². The number of aromatic nitrogens is 6. The molecular formula is C53H73FN8O7. The Labute approximate surface area is 406 Å². The molecule has 0 saturated heterocycles. The van der Waals surface area contributed by atoms with Crippen LogP contribution in [0.4, 0.5) is 4.39 Å². The number of pyridine rings is 2. The molecule has 0 unspecified atom stereocenters. The summed E-state index contributed by atoms with van der Waals surface area (Å²) in [7, 11) is 4.85. The molecule has 2 aromatic carbocycles. The lowest BCUT2D eigenvalue weighted by Crippen LogP contribution is -2.34. The molecule has 15 nitrogen and oxygen atoms in total. The molecule has 6 aromatic rings. The van der Waals surface area contributed by atoms with Crippen molar-refractivity contribution in [2.45, 2.75) is 124 Å². The predicted molar refractivity (Wildman–Crippen MR) is 267 cm³/mol. The first-order chi connectivity index (χ1) is 33.8. The molecule has 69 heavy (non-hydrogen) atoms. The summed E-state index contributed by atoms with van der Waals surface area (Å²) in [6.45, 7) is 10.7. The maximum absolute atomic E-state index is 13.0. The van der Waals surface area contributed by atoms with E-state index in [1.165, 1.54) is 86.5 Å². The lowest BCUT2D eigenvalue weighted by atomic mass is 9.89. The van der Waals surface area contributed by atoms with Gasteiger partial charge in [0.15, 0.2) is 24.2 Å². The molecule has 2 fully saturated rings. The van der Waals surface area contributed by atoms with Gasteiger partial charge >= 0.3 is 11.5 Å². The van der Waals surface area contributed by atoms with E-state index in [2.05, 4.69) is 35.1 Å². The summed E-state index contributed by atoms with van der Waals surface area (Å²) in [6.07, 6.45) is 20.4. The van der Waals surface area contributed by atoms with Crippen LogP contribution >= 0.6 is 0 Å². The van der Waals surface area contributed by atoms with Gasteiger partial charge < -0.3 is 19.2 Å². The fraction of sp³-hybridized carbons (Fsp3) is 0.491. The van der Waals surface area contributed by atoms with E-state index >= 15 is 0 Å². The summed E-state index contributed by atoms with van der Waals surface area (Å²) in [5.74, 6) is 3.18. The third-order valence-electron chi connectivity index (χ3n) is 11.6. The van der Waals surface area contributed by atoms with Gasteiger partial charge in [0, 0.05) is 64.4 Å². The number of amidine groups is 1. The molecule has 0 atom stereocenters. The maximum atomic E-state index is 13.0. The summed E-state index contributed by atoms with van der Waals surface area (Å²) >= 11 is 0. The monoisotopic (exact) mass is 953 g/mol. The van der Waals surface area contributed by atoms with Crippen LogP contribution in [0.15, 0.2) is 121 Å². The van der Waals surface area contributed by atoms with Crippen LogP contribution in [0.3, 0.4) is 0 Å². The molecular weight excluding hydrogens is 880 g/mol. The predicted octanol–water partition coefficient (Wildman–Crippen LogP) is 10.1. The van der Waals surface area contributed by atoms with Gasteiger partial charge in [-0.05, 0) is 103 Å². The number of methoxy groups -OCH3 is 2. The van der Waals surface area contributed by atoms with Crippen LogP contribution in [0.2, 0.25) is 0 Å². The SMILES string of the molecule is CC.CC.COC.COc1cccc(Cc2noc(=O)n2Cc2ccc(F)cc2)c1.O=c1onc(Cc2ccccn2)n1CC1CCCCC1.c1cc(CC2=NOCN2CC2CCCCC2)ccn1. The third-order valence-corrected chi connectivity index (χ3v) is 11.6. The Morgan fingerprint density at radius 1 is 0.638 bits per heavy atom. The van der Waals surface area contributed by atoms with Gasteiger partial charge in [-0.1, -0.05) is 112 Å². The molecule has 0 N–H and O–H groups in total. The largest absolute Gasteiger partial charge is 0.497 e. The highest BCUT2D eigenvalue weighted by Gasteiger charge is 2.24. The van der Waals surface area contributed by atoms with Crippen LogP contribution in [0.1, 0.15) is 126 Å². The lowest BCUT2D eigenvalue weighted by molar-refractivity contribution is 0.0982. The zero-order valence-corrected chi connectivity index (χ0v) is 41.7. The quantitative estimate of drug-likeness (QED) is 0.108. The van der Waals surface area contributed by atoms with Gasteiger partial charge in [-0.2, -0.15) is 0 Å². The van der Waals surface area contributed by atoms with Crippen molar-refractivity contribution >= 4 is 5.84 Å². The van der Waals surface area contributed by atoms with Crippen molar-refractivity contribution in [3.8, 4) is 5.75 Å². The first-order valence-corrected chi connectivity index (χ1v) is 24.4. The molecule has 0 amide bonds. The van der Waals surface area contributed by atoms with Crippen molar-refractivity contribution in [3.05, 3.63) is 158 Å². The zero-order chi connectivity index (χ0) is 49.6. The van der Waals surface area contributed by atoms with E-state index in [9.17, 15) is 14.0 Å². The fourth-order valence-corrected chi connectivity index (χ4v) is 8.18. The zero-order valence-electron chi connectivity index (χ0n) is 41.7. The first kappa shape index (κ1) is 55.2. The Kier molecular flexibility index (Phi) is 25.3. The van der Waals surface area contributed by atoms with E-state index in [-0.39, 0.29) is 18.1 Å². The fourth-order valence-electron chi connectivity index (χ4n) is 8.18. The number of rotatable bonds is 13. The number of hydrogen-bond donors (Lipinski definition) is 0. The minimum Gasteiger partial charge on any atom is -0.497 e. The number of nitrogens with zero attached hydrogens (tertiary/aromatic N) is 8. The normalized spacial score (nSPS) is 14.3. The highest BCUT2D eigenvalue weighted by Crippen LogP contribution is 2.27. The number of halogens is 1. The average molecular weight is 953 g/mol. The molecule has 4 aromatic heterocycles. The second-order valence-corrected chi connectivity index (χ2v) is 16.5. The number of hydrogen-bond acceptors (Lipinski definition) is 13. The molecule has 374 valence electrons. The van der Waals surface area contributed by atoms with Crippen molar-refractivity contribution in [2.75, 3.05) is 34.6 Å². The second-order valence-electron chi connectivity index (χ2n) is 16.5. The smallest absolute Gasteiger partial charge is 0.441 e. The lowest BCUT2D eigenvalue weighted by Gasteiger charge is -2.27. The van der Waals surface area contributed by atoms with E-state index in [1.54, 1.807) is 44.2 Å². The molecule has 0 bridgehead atoms. The maximum Gasteiger partial charge on any atom is 0.441 e. The number of ether oxygens (including phenoxy) is 2. The van der Waals surface area contributed by atoms with Gasteiger partial charge in [0.2, 0.25) is 0 Å². The second kappa shape index (κ2) is 31.6. The molecule has 5 heterocycles. The van der Waals surface area contributed by atoms with Crippen molar-refractivity contribution in [2.24, 2.45) is 17.0 Å². The summed E-state index contributed by atoms with van der Waals surface area (Å²) in [5, 5.41) is 12.0. The van der Waals surface area contributed by atoms with Crippen molar-refractivity contribution < 1.29 is 27.7 Å². The molecule has 2 saturated carbocycles. The summed E-state index contributed by atoms with van der Waals surface area (Å²) in [4.78, 5) is 39.6. The Hall–Kier alpha value is -6.42. The minimum atomic E-state index is -0.535. The number of benzene rings is 2. The Balaban J connectivity index is 0.000000212. The van der Waals surface area contributed by atoms with Crippen LogP contribution in [0.25, 0.3) is 0 Å². The summed E-state index contributed by atoms with van der Waals surface area (Å²) in [6, 6.07) is 23.3. The van der Waals surface area contributed by atoms with Gasteiger partial charge in [0.05, 0.1) is 20.1 Å². The van der Waals surface area contributed by atoms with Gasteiger partial charge in [0.25, 0.3) is 0 Å².